The molecule has 0 aliphatic carbocycles. The molecule has 1 N–H and O–H groups in total. The van der Waals surface area contributed by atoms with Gasteiger partial charge in [0, 0.05) is 5.56 Å². The first-order valence-corrected chi connectivity index (χ1v) is 7.13. The van der Waals surface area contributed by atoms with Gasteiger partial charge in [0.2, 0.25) is 5.78 Å². The third-order valence-corrected chi connectivity index (χ3v) is 3.64. The summed E-state index contributed by atoms with van der Waals surface area (Å²) < 4.78 is 5.53. The van der Waals surface area contributed by atoms with E-state index in [1.165, 1.54) is 12.1 Å². The molecule has 110 valence electrons. The molecule has 0 aliphatic heterocycles. The van der Waals surface area contributed by atoms with E-state index in [9.17, 15) is 15.2 Å². The summed E-state index contributed by atoms with van der Waals surface area (Å²) in [7, 11) is 1.54. The van der Waals surface area contributed by atoms with E-state index >= 15 is 0 Å². The first kappa shape index (κ1) is 15.8. The predicted octanol–water partition coefficient (Wildman–Crippen LogP) is 3.95. The molecule has 0 amide bonds. The number of phenols is 1. The molecule has 0 saturated carbocycles. The predicted molar refractivity (Wildman–Crippen MR) is 86.7 cm³/mol. The second kappa shape index (κ2) is 6.92. The van der Waals surface area contributed by atoms with Crippen LogP contribution in [0.4, 0.5) is 0 Å². The second-order valence-corrected chi connectivity index (χ2v) is 5.29. The van der Waals surface area contributed by atoms with E-state index in [0.717, 1.165) is 0 Å². The van der Waals surface area contributed by atoms with Crippen LogP contribution in [-0.2, 0) is 0 Å². The molecule has 2 rings (SSSR count). The third-order valence-electron chi connectivity index (χ3n) is 3.00. The van der Waals surface area contributed by atoms with E-state index in [1.54, 1.807) is 43.5 Å². The Labute approximate surface area is 136 Å². The molecular weight excluding hydrogens is 346 g/mol. The molecular formula is C17H12BrNO3. The minimum Gasteiger partial charge on any atom is -0.507 e. The Kier molecular flexibility index (Phi) is 4.97. The van der Waals surface area contributed by atoms with Crippen molar-refractivity contribution in [1.29, 1.82) is 5.26 Å². The van der Waals surface area contributed by atoms with Crippen molar-refractivity contribution >= 4 is 27.8 Å². The van der Waals surface area contributed by atoms with Gasteiger partial charge in [0.25, 0.3) is 0 Å². The number of ketones is 1. The minimum atomic E-state index is -0.366. The number of carbonyl (C=O) groups excluding carboxylic acids is 1. The average Bonchev–Trinajstić information content (AvgIpc) is 2.55. The van der Waals surface area contributed by atoms with Gasteiger partial charge in [0.1, 0.15) is 23.1 Å². The van der Waals surface area contributed by atoms with E-state index in [0.29, 0.717) is 21.3 Å². The lowest BCUT2D eigenvalue weighted by atomic mass is 10.0. The molecule has 0 aromatic heterocycles. The Balaban J connectivity index is 2.33. The zero-order chi connectivity index (χ0) is 16.1. The molecule has 2 aromatic carbocycles. The van der Waals surface area contributed by atoms with Crippen LogP contribution in [0.2, 0.25) is 0 Å². The van der Waals surface area contributed by atoms with Gasteiger partial charge in [-0.2, -0.15) is 5.26 Å². The SMILES string of the molecule is COc1ccc(C(=O)/C(C#N)=C/c2ccc(O)c(Br)c2)cc1. The number of phenolic OH excluding ortho intramolecular Hbond substituents is 1. The summed E-state index contributed by atoms with van der Waals surface area (Å²) in [5.41, 5.74) is 1.07. The lowest BCUT2D eigenvalue weighted by Gasteiger charge is -2.03. The number of benzene rings is 2. The van der Waals surface area contributed by atoms with Crippen molar-refractivity contribution in [3.8, 4) is 17.6 Å². The van der Waals surface area contributed by atoms with Gasteiger partial charge in [-0.15, -0.1) is 0 Å². The fourth-order valence-corrected chi connectivity index (χ4v) is 2.22. The van der Waals surface area contributed by atoms with E-state index < -0.39 is 0 Å². The molecule has 22 heavy (non-hydrogen) atoms. The summed E-state index contributed by atoms with van der Waals surface area (Å²) in [5.74, 6) is 0.369. The lowest BCUT2D eigenvalue weighted by Crippen LogP contribution is -2.01. The molecule has 0 atom stereocenters. The second-order valence-electron chi connectivity index (χ2n) is 4.44. The maximum atomic E-state index is 12.3. The standard InChI is InChI=1S/C17H12BrNO3/c1-22-14-5-3-12(4-6-14)17(21)13(10-19)8-11-2-7-16(20)15(18)9-11/h2-9,20H,1H3/b13-8+. The minimum absolute atomic E-state index is 0.0164. The number of aromatic hydroxyl groups is 1. The molecule has 0 fully saturated rings. The Morgan fingerprint density at radius 1 is 1.27 bits per heavy atom. The lowest BCUT2D eigenvalue weighted by molar-refractivity contribution is 0.104. The van der Waals surface area contributed by atoms with Crippen LogP contribution in [0.5, 0.6) is 11.5 Å². The van der Waals surface area contributed by atoms with Gasteiger partial charge < -0.3 is 9.84 Å². The highest BCUT2D eigenvalue weighted by molar-refractivity contribution is 9.10. The Morgan fingerprint density at radius 3 is 2.50 bits per heavy atom. The summed E-state index contributed by atoms with van der Waals surface area (Å²) in [6.07, 6.45) is 1.48. The fourth-order valence-electron chi connectivity index (χ4n) is 1.83. The van der Waals surface area contributed by atoms with Crippen LogP contribution in [0, 0.1) is 11.3 Å². The van der Waals surface area contributed by atoms with Gasteiger partial charge in [-0.05, 0) is 64.0 Å². The van der Waals surface area contributed by atoms with Crippen molar-refractivity contribution in [3.05, 3.63) is 63.6 Å². The molecule has 0 saturated heterocycles. The molecule has 0 heterocycles. The first-order valence-electron chi connectivity index (χ1n) is 6.34. The average molecular weight is 358 g/mol. The van der Waals surface area contributed by atoms with Crippen molar-refractivity contribution in [2.24, 2.45) is 0 Å². The van der Waals surface area contributed by atoms with Crippen LogP contribution in [0.25, 0.3) is 6.08 Å². The molecule has 0 aliphatic rings. The molecule has 0 radical (unpaired) electrons. The first-order chi connectivity index (χ1) is 10.5. The Morgan fingerprint density at radius 2 is 1.95 bits per heavy atom. The Hall–Kier alpha value is -2.58. The highest BCUT2D eigenvalue weighted by Crippen LogP contribution is 2.25. The van der Waals surface area contributed by atoms with Gasteiger partial charge in [-0.1, -0.05) is 6.07 Å². The maximum Gasteiger partial charge on any atom is 0.203 e. The van der Waals surface area contributed by atoms with Crippen molar-refractivity contribution in [1.82, 2.24) is 0 Å². The van der Waals surface area contributed by atoms with E-state index in [4.69, 9.17) is 4.74 Å². The number of halogens is 1. The summed E-state index contributed by atoms with van der Waals surface area (Å²) in [6, 6.07) is 13.2. The number of hydrogen-bond acceptors (Lipinski definition) is 4. The summed E-state index contributed by atoms with van der Waals surface area (Å²) in [6.45, 7) is 0. The summed E-state index contributed by atoms with van der Waals surface area (Å²) in [5, 5.41) is 18.7. The van der Waals surface area contributed by atoms with Crippen molar-refractivity contribution < 1.29 is 14.6 Å². The molecule has 5 heteroatoms. The normalized spacial score (nSPS) is 10.9. The topological polar surface area (TPSA) is 70.3 Å². The largest absolute Gasteiger partial charge is 0.507 e. The van der Waals surface area contributed by atoms with Crippen molar-refractivity contribution in [3.63, 3.8) is 0 Å². The summed E-state index contributed by atoms with van der Waals surface area (Å²) in [4.78, 5) is 12.3. The van der Waals surface area contributed by atoms with Crippen LogP contribution in [-0.4, -0.2) is 18.0 Å². The number of Topliss-reactive ketones (excluding diaryl/α,β-unsaturated/α-hetero) is 1. The third kappa shape index (κ3) is 3.54. The zero-order valence-electron chi connectivity index (χ0n) is 11.7. The van der Waals surface area contributed by atoms with Crippen LogP contribution >= 0.6 is 15.9 Å². The number of hydrogen-bond donors (Lipinski definition) is 1. The van der Waals surface area contributed by atoms with Crippen LogP contribution in [0.1, 0.15) is 15.9 Å². The van der Waals surface area contributed by atoms with Crippen molar-refractivity contribution in [2.75, 3.05) is 7.11 Å². The number of methoxy groups -OCH3 is 1. The van der Waals surface area contributed by atoms with Gasteiger partial charge in [-0.3, -0.25) is 4.79 Å². The van der Waals surface area contributed by atoms with Crippen LogP contribution in [0.3, 0.4) is 0 Å². The highest BCUT2D eigenvalue weighted by Gasteiger charge is 2.12. The number of nitriles is 1. The van der Waals surface area contributed by atoms with Crippen molar-refractivity contribution in [2.45, 2.75) is 0 Å². The Bertz CT molecular complexity index is 773. The molecule has 0 unspecified atom stereocenters. The van der Waals surface area contributed by atoms with Gasteiger partial charge >= 0.3 is 0 Å². The summed E-state index contributed by atoms with van der Waals surface area (Å²) >= 11 is 3.19. The molecule has 2 aromatic rings. The number of carbonyl (C=O) groups is 1. The van der Waals surface area contributed by atoms with Gasteiger partial charge in [0.05, 0.1) is 11.6 Å². The van der Waals surface area contributed by atoms with Gasteiger partial charge in [0.15, 0.2) is 0 Å². The monoisotopic (exact) mass is 357 g/mol. The fraction of sp³-hybridized carbons (Fsp3) is 0.0588. The van der Waals surface area contributed by atoms with E-state index in [2.05, 4.69) is 15.9 Å². The molecule has 4 nitrogen and oxygen atoms in total. The number of rotatable bonds is 4. The quantitative estimate of drug-likeness (QED) is 0.510. The van der Waals surface area contributed by atoms with Crippen LogP contribution < -0.4 is 4.74 Å². The molecule has 0 bridgehead atoms. The number of ether oxygens (including phenoxy) is 1. The number of nitrogens with zero attached hydrogens (tertiary/aromatic N) is 1. The smallest absolute Gasteiger partial charge is 0.203 e. The van der Waals surface area contributed by atoms with E-state index in [-0.39, 0.29) is 17.1 Å². The zero-order valence-corrected chi connectivity index (χ0v) is 13.3. The highest BCUT2D eigenvalue weighted by atomic mass is 79.9. The van der Waals surface area contributed by atoms with E-state index in [1.807, 2.05) is 6.07 Å². The molecule has 0 spiro atoms. The van der Waals surface area contributed by atoms with Gasteiger partial charge in [-0.25, -0.2) is 0 Å². The number of allylic oxidation sites excluding steroid dienone is 1. The maximum absolute atomic E-state index is 12.3. The van der Waals surface area contributed by atoms with Crippen LogP contribution in [0.15, 0.2) is 52.5 Å².